The molecule has 3 rings (SSSR count). The molecule has 23 heavy (non-hydrogen) atoms. The Bertz CT molecular complexity index is 782. The van der Waals surface area contributed by atoms with E-state index < -0.39 is 0 Å². The van der Waals surface area contributed by atoms with E-state index in [0.717, 1.165) is 15.6 Å². The first kappa shape index (κ1) is 15.5. The summed E-state index contributed by atoms with van der Waals surface area (Å²) in [7, 11) is 0. The molecule has 0 aromatic heterocycles. The lowest BCUT2D eigenvalue weighted by Gasteiger charge is -2.04. The Morgan fingerprint density at radius 2 is 1.43 bits per heavy atom. The average molecular weight is 366 g/mol. The van der Waals surface area contributed by atoms with Crippen molar-refractivity contribution >= 4 is 22.1 Å². The van der Waals surface area contributed by atoms with Crippen molar-refractivity contribution in [1.82, 2.24) is 0 Å². The topological polar surface area (TPSA) is 21.6 Å². The highest BCUT2D eigenvalue weighted by atomic mass is 79.9. The Labute approximate surface area is 144 Å². The van der Waals surface area contributed by atoms with Gasteiger partial charge >= 0.3 is 0 Å². The van der Waals surface area contributed by atoms with Gasteiger partial charge in [-0.05, 0) is 22.8 Å². The Kier molecular flexibility index (Phi) is 5.22. The van der Waals surface area contributed by atoms with Crippen LogP contribution in [-0.2, 0) is 11.4 Å². The third-order valence-corrected chi connectivity index (χ3v) is 4.19. The van der Waals surface area contributed by atoms with Gasteiger partial charge in [0, 0.05) is 10.0 Å². The van der Waals surface area contributed by atoms with E-state index in [2.05, 4.69) is 57.5 Å². The van der Waals surface area contributed by atoms with Gasteiger partial charge in [-0.15, -0.1) is 0 Å². The smallest absolute Gasteiger partial charge is 0.142 e. The second kappa shape index (κ2) is 7.75. The van der Waals surface area contributed by atoms with Crippen molar-refractivity contribution in [2.45, 2.75) is 6.61 Å². The first-order valence-corrected chi connectivity index (χ1v) is 8.16. The number of halogens is 1. The van der Waals surface area contributed by atoms with Crippen molar-refractivity contribution in [2.75, 3.05) is 0 Å². The lowest BCUT2D eigenvalue weighted by atomic mass is 10.0. The van der Waals surface area contributed by atoms with Crippen LogP contribution in [0.3, 0.4) is 0 Å². The van der Waals surface area contributed by atoms with Crippen LogP contribution in [0.2, 0.25) is 0 Å². The number of nitrogens with zero attached hydrogens (tertiary/aromatic N) is 1. The largest absolute Gasteiger partial charge is 0.391 e. The molecular formula is C20H16BrNO. The molecule has 0 spiro atoms. The van der Waals surface area contributed by atoms with Crippen LogP contribution in [-0.4, -0.2) is 6.21 Å². The monoisotopic (exact) mass is 365 g/mol. The number of hydrogen-bond donors (Lipinski definition) is 0. The van der Waals surface area contributed by atoms with Gasteiger partial charge < -0.3 is 4.84 Å². The summed E-state index contributed by atoms with van der Waals surface area (Å²) in [4.78, 5) is 5.37. The standard InChI is InChI=1S/C20H16BrNO/c21-20-9-5-4-8-19(20)14-22-23-15-16-10-12-18(13-11-16)17-6-2-1-3-7-17/h1-14H,15H2. The van der Waals surface area contributed by atoms with E-state index in [1.807, 2.05) is 42.5 Å². The van der Waals surface area contributed by atoms with Crippen LogP contribution < -0.4 is 0 Å². The zero-order valence-electron chi connectivity index (χ0n) is 12.5. The second-order valence-electron chi connectivity index (χ2n) is 5.09. The molecule has 3 aromatic rings. The summed E-state index contributed by atoms with van der Waals surface area (Å²) >= 11 is 3.48. The number of rotatable bonds is 5. The van der Waals surface area contributed by atoms with Gasteiger partial charge in [0.1, 0.15) is 6.61 Å². The minimum absolute atomic E-state index is 0.454. The maximum Gasteiger partial charge on any atom is 0.142 e. The Morgan fingerprint density at radius 3 is 2.17 bits per heavy atom. The average Bonchev–Trinajstić information content (AvgIpc) is 2.61. The van der Waals surface area contributed by atoms with Crippen LogP contribution in [0.5, 0.6) is 0 Å². The lowest BCUT2D eigenvalue weighted by molar-refractivity contribution is 0.132. The van der Waals surface area contributed by atoms with E-state index in [9.17, 15) is 0 Å². The Morgan fingerprint density at radius 1 is 0.783 bits per heavy atom. The predicted molar refractivity (Wildman–Crippen MR) is 98.4 cm³/mol. The third-order valence-electron chi connectivity index (χ3n) is 3.46. The van der Waals surface area contributed by atoms with Crippen LogP contribution in [0, 0.1) is 0 Å². The molecule has 3 aromatic carbocycles. The molecule has 3 heteroatoms. The van der Waals surface area contributed by atoms with Crippen LogP contribution in [0.1, 0.15) is 11.1 Å². The lowest BCUT2D eigenvalue weighted by Crippen LogP contribution is -1.89. The first-order valence-electron chi connectivity index (χ1n) is 7.37. The van der Waals surface area contributed by atoms with E-state index in [0.29, 0.717) is 6.61 Å². The molecule has 0 radical (unpaired) electrons. The highest BCUT2D eigenvalue weighted by Gasteiger charge is 1.98. The minimum Gasteiger partial charge on any atom is -0.391 e. The molecule has 0 saturated heterocycles. The van der Waals surface area contributed by atoms with Crippen molar-refractivity contribution in [3.05, 3.63) is 94.5 Å². The van der Waals surface area contributed by atoms with Gasteiger partial charge in [-0.1, -0.05) is 93.9 Å². The van der Waals surface area contributed by atoms with E-state index in [1.165, 1.54) is 11.1 Å². The molecule has 2 nitrogen and oxygen atoms in total. The van der Waals surface area contributed by atoms with Gasteiger partial charge in [0.05, 0.1) is 6.21 Å². The fraction of sp³-hybridized carbons (Fsp3) is 0.0500. The van der Waals surface area contributed by atoms with Crippen LogP contribution >= 0.6 is 15.9 Å². The van der Waals surface area contributed by atoms with Gasteiger partial charge in [-0.3, -0.25) is 0 Å². The van der Waals surface area contributed by atoms with Crippen LogP contribution in [0.25, 0.3) is 11.1 Å². The van der Waals surface area contributed by atoms with E-state index in [1.54, 1.807) is 6.21 Å². The van der Waals surface area contributed by atoms with Crippen molar-refractivity contribution in [2.24, 2.45) is 5.16 Å². The molecule has 0 aliphatic heterocycles. The molecule has 0 amide bonds. The molecule has 0 heterocycles. The van der Waals surface area contributed by atoms with Gasteiger partial charge in [0.25, 0.3) is 0 Å². The molecule has 0 atom stereocenters. The van der Waals surface area contributed by atoms with Crippen LogP contribution in [0.4, 0.5) is 0 Å². The van der Waals surface area contributed by atoms with Crippen molar-refractivity contribution < 1.29 is 4.84 Å². The summed E-state index contributed by atoms with van der Waals surface area (Å²) in [6, 6.07) is 26.5. The molecule has 0 unspecified atom stereocenters. The minimum atomic E-state index is 0.454. The summed E-state index contributed by atoms with van der Waals surface area (Å²) in [5.41, 5.74) is 4.50. The number of benzene rings is 3. The summed E-state index contributed by atoms with van der Waals surface area (Å²) in [5, 5.41) is 4.02. The van der Waals surface area contributed by atoms with E-state index >= 15 is 0 Å². The maximum atomic E-state index is 5.37. The quantitative estimate of drug-likeness (QED) is 0.421. The second-order valence-corrected chi connectivity index (χ2v) is 5.95. The van der Waals surface area contributed by atoms with Crippen LogP contribution in [0.15, 0.2) is 88.5 Å². The SMILES string of the molecule is Brc1ccccc1C=NOCc1ccc(-c2ccccc2)cc1. The first-order chi connectivity index (χ1) is 11.3. The highest BCUT2D eigenvalue weighted by Crippen LogP contribution is 2.19. The van der Waals surface area contributed by atoms with Crippen molar-refractivity contribution in [3.63, 3.8) is 0 Å². The molecular weight excluding hydrogens is 350 g/mol. The third kappa shape index (κ3) is 4.30. The summed E-state index contributed by atoms with van der Waals surface area (Å²) < 4.78 is 1.000. The molecule has 0 aliphatic rings. The van der Waals surface area contributed by atoms with Crippen molar-refractivity contribution in [3.8, 4) is 11.1 Å². The highest BCUT2D eigenvalue weighted by molar-refractivity contribution is 9.10. The molecule has 0 fully saturated rings. The molecule has 0 saturated carbocycles. The number of hydrogen-bond acceptors (Lipinski definition) is 2. The fourth-order valence-electron chi connectivity index (χ4n) is 2.21. The summed E-state index contributed by atoms with van der Waals surface area (Å²) in [6.07, 6.45) is 1.71. The van der Waals surface area contributed by atoms with Gasteiger partial charge in [0.15, 0.2) is 0 Å². The number of oxime groups is 1. The zero-order chi connectivity index (χ0) is 15.9. The zero-order valence-corrected chi connectivity index (χ0v) is 14.1. The molecule has 0 N–H and O–H groups in total. The molecule has 114 valence electrons. The fourth-order valence-corrected chi connectivity index (χ4v) is 2.60. The Balaban J connectivity index is 1.58. The van der Waals surface area contributed by atoms with Crippen molar-refractivity contribution in [1.29, 1.82) is 0 Å². The Hall–Kier alpha value is -2.39. The maximum absolute atomic E-state index is 5.37. The molecule has 0 bridgehead atoms. The summed E-state index contributed by atoms with van der Waals surface area (Å²) in [6.45, 7) is 0.454. The predicted octanol–water partition coefficient (Wildman–Crippen LogP) is 5.67. The van der Waals surface area contributed by atoms with E-state index in [4.69, 9.17) is 4.84 Å². The summed E-state index contributed by atoms with van der Waals surface area (Å²) in [5.74, 6) is 0. The molecule has 0 aliphatic carbocycles. The van der Waals surface area contributed by atoms with Gasteiger partial charge in [0.2, 0.25) is 0 Å². The van der Waals surface area contributed by atoms with Gasteiger partial charge in [-0.25, -0.2) is 0 Å². The normalized spacial score (nSPS) is 10.8. The van der Waals surface area contributed by atoms with Gasteiger partial charge in [-0.2, -0.15) is 0 Å². The van der Waals surface area contributed by atoms with E-state index in [-0.39, 0.29) is 0 Å².